The van der Waals surface area contributed by atoms with E-state index in [1.54, 1.807) is 20.5 Å². The number of furan rings is 1. The van der Waals surface area contributed by atoms with Crippen LogP contribution in [0.1, 0.15) is 24.3 Å². The molecule has 0 saturated carbocycles. The van der Waals surface area contributed by atoms with Gasteiger partial charge in [0.2, 0.25) is 0 Å². The molecular formula is C22H32N4O4. The lowest BCUT2D eigenvalue weighted by Crippen LogP contribution is -2.46. The molecule has 1 atom stereocenters. The first-order chi connectivity index (χ1) is 14.7. The van der Waals surface area contributed by atoms with E-state index in [-0.39, 0.29) is 6.04 Å². The number of morpholine rings is 1. The smallest absolute Gasteiger partial charge is 0.191 e. The van der Waals surface area contributed by atoms with E-state index in [0.717, 1.165) is 61.6 Å². The van der Waals surface area contributed by atoms with Gasteiger partial charge in [-0.05, 0) is 36.8 Å². The van der Waals surface area contributed by atoms with Gasteiger partial charge in [-0.1, -0.05) is 6.07 Å². The third-order valence-electron chi connectivity index (χ3n) is 5.06. The lowest BCUT2D eigenvalue weighted by molar-refractivity contribution is 0.0169. The Labute approximate surface area is 178 Å². The van der Waals surface area contributed by atoms with Crippen molar-refractivity contribution in [3.05, 3.63) is 47.9 Å². The number of guanidine groups is 1. The number of hydrogen-bond donors (Lipinski definition) is 2. The van der Waals surface area contributed by atoms with Gasteiger partial charge in [0.25, 0.3) is 0 Å². The van der Waals surface area contributed by atoms with E-state index in [2.05, 4.69) is 33.5 Å². The van der Waals surface area contributed by atoms with Crippen LogP contribution >= 0.6 is 0 Å². The average molecular weight is 417 g/mol. The van der Waals surface area contributed by atoms with Gasteiger partial charge in [0.1, 0.15) is 12.3 Å². The lowest BCUT2D eigenvalue weighted by Gasteiger charge is -2.35. The first kappa shape index (κ1) is 22.0. The molecule has 0 amide bonds. The molecule has 2 aromatic rings. The highest BCUT2D eigenvalue weighted by Gasteiger charge is 2.24. The monoisotopic (exact) mass is 416 g/mol. The van der Waals surface area contributed by atoms with Crippen LogP contribution < -0.4 is 20.1 Å². The van der Waals surface area contributed by atoms with Crippen molar-refractivity contribution in [1.82, 2.24) is 15.5 Å². The molecule has 1 unspecified atom stereocenters. The van der Waals surface area contributed by atoms with Crippen LogP contribution in [0.15, 0.2) is 46.0 Å². The Hall–Kier alpha value is -2.71. The van der Waals surface area contributed by atoms with Crippen LogP contribution in [0.25, 0.3) is 0 Å². The Bertz CT molecular complexity index is 788. The molecule has 0 radical (unpaired) electrons. The van der Waals surface area contributed by atoms with E-state index in [1.165, 1.54) is 0 Å². The molecule has 8 heteroatoms. The van der Waals surface area contributed by atoms with Gasteiger partial charge < -0.3 is 29.3 Å². The van der Waals surface area contributed by atoms with Gasteiger partial charge >= 0.3 is 0 Å². The minimum Gasteiger partial charge on any atom is -0.493 e. The maximum absolute atomic E-state index is 5.56. The summed E-state index contributed by atoms with van der Waals surface area (Å²) in [4.78, 5) is 7.07. The molecule has 30 heavy (non-hydrogen) atoms. The third-order valence-corrected chi connectivity index (χ3v) is 5.06. The maximum atomic E-state index is 5.56. The summed E-state index contributed by atoms with van der Waals surface area (Å²) in [6.45, 7) is 7.23. The van der Waals surface area contributed by atoms with Gasteiger partial charge in [-0.3, -0.25) is 4.90 Å². The zero-order valence-electron chi connectivity index (χ0n) is 18.0. The fourth-order valence-electron chi connectivity index (χ4n) is 3.50. The largest absolute Gasteiger partial charge is 0.493 e. The first-order valence-electron chi connectivity index (χ1n) is 10.3. The molecule has 1 aliphatic rings. The van der Waals surface area contributed by atoms with E-state index < -0.39 is 0 Å². The molecule has 3 rings (SSSR count). The number of hydrogen-bond acceptors (Lipinski definition) is 6. The van der Waals surface area contributed by atoms with Crippen LogP contribution in [-0.4, -0.2) is 64.5 Å². The van der Waals surface area contributed by atoms with Gasteiger partial charge in [0.15, 0.2) is 17.5 Å². The van der Waals surface area contributed by atoms with Crippen molar-refractivity contribution < 1.29 is 18.6 Å². The molecule has 2 heterocycles. The van der Waals surface area contributed by atoms with Gasteiger partial charge in [0.05, 0.1) is 39.7 Å². The quantitative estimate of drug-likeness (QED) is 0.480. The molecule has 0 bridgehead atoms. The topological polar surface area (TPSA) is 80.5 Å². The number of nitrogens with one attached hydrogen (secondary N) is 2. The number of aliphatic imine (C=N–C) groups is 1. The van der Waals surface area contributed by atoms with Gasteiger partial charge in [-0.15, -0.1) is 0 Å². The Kier molecular flexibility index (Phi) is 8.41. The van der Waals surface area contributed by atoms with Crippen molar-refractivity contribution in [3.8, 4) is 11.5 Å². The number of nitrogens with zero attached hydrogens (tertiary/aromatic N) is 2. The molecule has 2 N–H and O–H groups in total. The molecular weight excluding hydrogens is 384 g/mol. The summed E-state index contributed by atoms with van der Waals surface area (Å²) >= 11 is 0. The second-order valence-electron chi connectivity index (χ2n) is 6.93. The van der Waals surface area contributed by atoms with Crippen molar-refractivity contribution in [2.24, 2.45) is 4.99 Å². The zero-order chi connectivity index (χ0) is 21.2. The summed E-state index contributed by atoms with van der Waals surface area (Å²) in [6.07, 6.45) is 1.66. The van der Waals surface area contributed by atoms with E-state index >= 15 is 0 Å². The van der Waals surface area contributed by atoms with Crippen molar-refractivity contribution in [2.45, 2.75) is 19.5 Å². The second kappa shape index (κ2) is 11.5. The highest BCUT2D eigenvalue weighted by atomic mass is 16.5. The van der Waals surface area contributed by atoms with Crippen LogP contribution in [0.2, 0.25) is 0 Å². The van der Waals surface area contributed by atoms with Crippen molar-refractivity contribution in [2.75, 3.05) is 53.6 Å². The number of rotatable bonds is 9. The van der Waals surface area contributed by atoms with Gasteiger partial charge in [-0.25, -0.2) is 4.99 Å². The van der Waals surface area contributed by atoms with Crippen LogP contribution in [-0.2, 0) is 11.3 Å². The van der Waals surface area contributed by atoms with Crippen LogP contribution in [0.4, 0.5) is 0 Å². The molecule has 1 aliphatic heterocycles. The molecule has 8 nitrogen and oxygen atoms in total. The van der Waals surface area contributed by atoms with E-state index in [1.807, 2.05) is 24.3 Å². The van der Waals surface area contributed by atoms with Gasteiger partial charge in [-0.2, -0.15) is 0 Å². The molecule has 1 aromatic heterocycles. The Balaban J connectivity index is 1.77. The Morgan fingerprint density at radius 3 is 2.60 bits per heavy atom. The Morgan fingerprint density at radius 1 is 1.13 bits per heavy atom. The summed E-state index contributed by atoms with van der Waals surface area (Å²) in [7, 11) is 3.31. The molecule has 1 saturated heterocycles. The van der Waals surface area contributed by atoms with Crippen molar-refractivity contribution >= 4 is 5.96 Å². The minimum absolute atomic E-state index is 0.140. The third kappa shape index (κ3) is 5.90. The minimum atomic E-state index is 0.140. The highest BCUT2D eigenvalue weighted by molar-refractivity contribution is 5.79. The number of benzene rings is 1. The molecule has 0 spiro atoms. The van der Waals surface area contributed by atoms with E-state index in [0.29, 0.717) is 13.1 Å². The predicted octanol–water partition coefficient (Wildman–Crippen LogP) is 2.43. The summed E-state index contributed by atoms with van der Waals surface area (Å²) in [5, 5.41) is 6.79. The normalized spacial score (nSPS) is 16.2. The summed E-state index contributed by atoms with van der Waals surface area (Å²) in [6, 6.07) is 10.0. The fraction of sp³-hybridized carbons (Fsp3) is 0.500. The number of ether oxygens (including phenoxy) is 3. The van der Waals surface area contributed by atoms with Gasteiger partial charge in [0, 0.05) is 26.2 Å². The average Bonchev–Trinajstić information content (AvgIpc) is 3.31. The number of methoxy groups -OCH3 is 2. The van der Waals surface area contributed by atoms with Crippen LogP contribution in [0, 0.1) is 0 Å². The predicted molar refractivity (Wildman–Crippen MR) is 116 cm³/mol. The Morgan fingerprint density at radius 2 is 1.93 bits per heavy atom. The maximum Gasteiger partial charge on any atom is 0.191 e. The molecule has 1 fully saturated rings. The van der Waals surface area contributed by atoms with Crippen molar-refractivity contribution in [3.63, 3.8) is 0 Å². The van der Waals surface area contributed by atoms with Crippen LogP contribution in [0.5, 0.6) is 11.5 Å². The molecule has 0 aliphatic carbocycles. The zero-order valence-corrected chi connectivity index (χ0v) is 18.0. The summed E-state index contributed by atoms with van der Waals surface area (Å²) in [5.74, 6) is 3.04. The standard InChI is InChI=1S/C22H32N4O4/c1-4-23-22(24-15-18-6-5-11-30-18)25-16-19(26-9-12-29-13-10-26)17-7-8-20(27-2)21(14-17)28-3/h5-8,11,14,19H,4,9-10,12-13,15-16H2,1-3H3,(H2,23,24,25). The fourth-order valence-corrected chi connectivity index (χ4v) is 3.50. The lowest BCUT2D eigenvalue weighted by atomic mass is 10.0. The SMILES string of the molecule is CCNC(=NCc1ccco1)NCC(c1ccc(OC)c(OC)c1)N1CCOCC1. The highest BCUT2D eigenvalue weighted by Crippen LogP contribution is 2.32. The summed E-state index contributed by atoms with van der Waals surface area (Å²) < 4.78 is 21.9. The van der Waals surface area contributed by atoms with E-state index in [9.17, 15) is 0 Å². The second-order valence-corrected chi connectivity index (χ2v) is 6.93. The first-order valence-corrected chi connectivity index (χ1v) is 10.3. The van der Waals surface area contributed by atoms with E-state index in [4.69, 9.17) is 18.6 Å². The summed E-state index contributed by atoms with van der Waals surface area (Å²) in [5.41, 5.74) is 1.16. The van der Waals surface area contributed by atoms with Crippen molar-refractivity contribution in [1.29, 1.82) is 0 Å². The molecule has 1 aromatic carbocycles. The van der Waals surface area contributed by atoms with Crippen LogP contribution in [0.3, 0.4) is 0 Å². The molecule has 164 valence electrons.